The highest BCUT2D eigenvalue weighted by Crippen LogP contribution is 2.33. The first-order valence-electron chi connectivity index (χ1n) is 5.30. The molecule has 4 nitrogen and oxygen atoms in total. The summed E-state index contributed by atoms with van der Waals surface area (Å²) in [5, 5.41) is 7.19. The number of halogens is 1. The summed E-state index contributed by atoms with van der Waals surface area (Å²) < 4.78 is 1.78. The van der Waals surface area contributed by atoms with E-state index in [9.17, 15) is 0 Å². The molecule has 92 valence electrons. The summed E-state index contributed by atoms with van der Waals surface area (Å²) in [6.07, 6.45) is 2.65. The highest BCUT2D eigenvalue weighted by atomic mass is 35.5. The Morgan fingerprint density at radius 1 is 1.65 bits per heavy atom. The van der Waals surface area contributed by atoms with Gasteiger partial charge in [0.15, 0.2) is 0 Å². The molecule has 2 aromatic rings. The summed E-state index contributed by atoms with van der Waals surface area (Å²) in [6.45, 7) is 2.00. The Kier molecular flexibility index (Phi) is 3.83. The maximum atomic E-state index is 6.24. The van der Waals surface area contributed by atoms with Crippen LogP contribution in [-0.4, -0.2) is 9.78 Å². The summed E-state index contributed by atoms with van der Waals surface area (Å²) >= 11 is 7.87. The Balaban J connectivity index is 2.19. The molecular weight excluding hydrogens is 256 g/mol. The van der Waals surface area contributed by atoms with Gasteiger partial charge in [-0.2, -0.15) is 5.10 Å². The van der Waals surface area contributed by atoms with E-state index in [1.807, 2.05) is 31.6 Å². The van der Waals surface area contributed by atoms with Gasteiger partial charge in [-0.15, -0.1) is 11.3 Å². The molecule has 2 heterocycles. The average Bonchev–Trinajstić information content (AvgIpc) is 2.85. The number of hydrazine groups is 1. The average molecular weight is 271 g/mol. The molecule has 0 saturated heterocycles. The molecule has 6 heteroatoms. The topological polar surface area (TPSA) is 55.9 Å². The van der Waals surface area contributed by atoms with E-state index in [1.54, 1.807) is 16.0 Å². The third-order valence-corrected chi connectivity index (χ3v) is 4.45. The van der Waals surface area contributed by atoms with Gasteiger partial charge in [0.2, 0.25) is 0 Å². The normalized spacial score (nSPS) is 12.9. The van der Waals surface area contributed by atoms with E-state index in [0.717, 1.165) is 27.6 Å². The fourth-order valence-electron chi connectivity index (χ4n) is 1.69. The van der Waals surface area contributed by atoms with Crippen molar-refractivity contribution in [3.05, 3.63) is 38.8 Å². The zero-order valence-corrected chi connectivity index (χ0v) is 11.3. The molecule has 1 unspecified atom stereocenters. The highest BCUT2D eigenvalue weighted by Gasteiger charge is 2.18. The van der Waals surface area contributed by atoms with Gasteiger partial charge >= 0.3 is 0 Å². The van der Waals surface area contributed by atoms with Crippen LogP contribution in [0.3, 0.4) is 0 Å². The number of hydrogen-bond donors (Lipinski definition) is 2. The number of nitrogens with two attached hydrogens (primary N) is 1. The first kappa shape index (κ1) is 12.6. The van der Waals surface area contributed by atoms with E-state index >= 15 is 0 Å². The van der Waals surface area contributed by atoms with Gasteiger partial charge in [-0.05, 0) is 23.9 Å². The first-order chi connectivity index (χ1) is 8.11. The number of rotatable bonds is 4. The first-order valence-corrected chi connectivity index (χ1v) is 6.55. The molecule has 0 radical (unpaired) electrons. The SMILES string of the molecule is Cc1csc(C(Cc2ccn(C)n2)NN)c1Cl. The molecule has 1 atom stereocenters. The summed E-state index contributed by atoms with van der Waals surface area (Å²) in [7, 11) is 1.90. The molecule has 17 heavy (non-hydrogen) atoms. The van der Waals surface area contributed by atoms with Crippen molar-refractivity contribution in [2.24, 2.45) is 12.9 Å². The maximum absolute atomic E-state index is 6.24. The van der Waals surface area contributed by atoms with Crippen molar-refractivity contribution in [2.45, 2.75) is 19.4 Å². The molecule has 0 bridgehead atoms. The van der Waals surface area contributed by atoms with Gasteiger partial charge in [0, 0.05) is 24.5 Å². The zero-order valence-electron chi connectivity index (χ0n) is 9.77. The lowest BCUT2D eigenvalue weighted by molar-refractivity contribution is 0.549. The van der Waals surface area contributed by atoms with Crippen LogP contribution >= 0.6 is 22.9 Å². The molecule has 0 aliphatic heterocycles. The summed E-state index contributed by atoms with van der Waals surface area (Å²) in [5.41, 5.74) is 4.90. The van der Waals surface area contributed by atoms with Crippen LogP contribution in [0.25, 0.3) is 0 Å². The monoisotopic (exact) mass is 270 g/mol. The molecule has 0 aliphatic carbocycles. The lowest BCUT2D eigenvalue weighted by Crippen LogP contribution is -2.29. The Morgan fingerprint density at radius 2 is 2.41 bits per heavy atom. The molecule has 2 aromatic heterocycles. The third-order valence-electron chi connectivity index (χ3n) is 2.62. The van der Waals surface area contributed by atoms with Crippen molar-refractivity contribution in [1.82, 2.24) is 15.2 Å². The number of thiophene rings is 1. The number of hydrogen-bond acceptors (Lipinski definition) is 4. The lowest BCUT2D eigenvalue weighted by atomic mass is 10.1. The van der Waals surface area contributed by atoms with Crippen LogP contribution in [0.2, 0.25) is 5.02 Å². The predicted molar refractivity (Wildman–Crippen MR) is 71.0 cm³/mol. The zero-order chi connectivity index (χ0) is 12.4. The van der Waals surface area contributed by atoms with Crippen LogP contribution in [0, 0.1) is 6.92 Å². The lowest BCUT2D eigenvalue weighted by Gasteiger charge is -2.13. The number of aryl methyl sites for hydroxylation is 2. The molecule has 2 rings (SSSR count). The summed E-state index contributed by atoms with van der Waals surface area (Å²) in [6, 6.07) is 2.00. The van der Waals surface area contributed by atoms with E-state index in [-0.39, 0.29) is 6.04 Å². The minimum atomic E-state index is 0.0103. The molecule has 0 aliphatic rings. The third kappa shape index (κ3) is 2.69. The van der Waals surface area contributed by atoms with E-state index < -0.39 is 0 Å². The van der Waals surface area contributed by atoms with Gasteiger partial charge in [-0.1, -0.05) is 11.6 Å². The summed E-state index contributed by atoms with van der Waals surface area (Å²) in [4.78, 5) is 1.07. The van der Waals surface area contributed by atoms with Crippen molar-refractivity contribution in [1.29, 1.82) is 0 Å². The van der Waals surface area contributed by atoms with E-state index in [0.29, 0.717) is 0 Å². The van der Waals surface area contributed by atoms with Crippen LogP contribution in [0.4, 0.5) is 0 Å². The van der Waals surface area contributed by atoms with Gasteiger partial charge in [-0.3, -0.25) is 16.0 Å². The second-order valence-electron chi connectivity index (χ2n) is 4.00. The van der Waals surface area contributed by atoms with Gasteiger partial charge < -0.3 is 0 Å². The van der Waals surface area contributed by atoms with E-state index in [1.165, 1.54) is 0 Å². The molecule has 0 spiro atoms. The standard InChI is InChI=1S/C11H15ClN4S/c1-7-6-17-11(10(7)12)9(14-13)5-8-3-4-16(2)15-8/h3-4,6,9,14H,5,13H2,1-2H3. The van der Waals surface area contributed by atoms with Crippen molar-refractivity contribution < 1.29 is 0 Å². The Labute approximate surface area is 109 Å². The van der Waals surface area contributed by atoms with Crippen molar-refractivity contribution in [3.63, 3.8) is 0 Å². The van der Waals surface area contributed by atoms with Crippen LogP contribution in [-0.2, 0) is 13.5 Å². The van der Waals surface area contributed by atoms with E-state index in [4.69, 9.17) is 17.4 Å². The fraction of sp³-hybridized carbons (Fsp3) is 0.364. The minimum Gasteiger partial charge on any atom is -0.276 e. The van der Waals surface area contributed by atoms with E-state index in [2.05, 4.69) is 10.5 Å². The fourth-order valence-corrected chi connectivity index (χ4v) is 3.08. The number of aromatic nitrogens is 2. The minimum absolute atomic E-state index is 0.0103. The molecule has 0 fully saturated rings. The van der Waals surface area contributed by atoms with Crippen molar-refractivity contribution in [2.75, 3.05) is 0 Å². The van der Waals surface area contributed by atoms with Crippen molar-refractivity contribution >= 4 is 22.9 Å². The quantitative estimate of drug-likeness (QED) is 0.661. The predicted octanol–water partition coefficient (Wildman–Crippen LogP) is 2.19. The van der Waals surface area contributed by atoms with Crippen LogP contribution in [0.15, 0.2) is 17.6 Å². The number of nitrogens with one attached hydrogen (secondary N) is 1. The van der Waals surface area contributed by atoms with Crippen LogP contribution in [0.1, 0.15) is 22.2 Å². The van der Waals surface area contributed by atoms with Gasteiger partial charge in [0.1, 0.15) is 0 Å². The molecule has 0 saturated carbocycles. The molecular formula is C11H15ClN4S. The Bertz CT molecular complexity index is 505. The van der Waals surface area contributed by atoms with Crippen LogP contribution < -0.4 is 11.3 Å². The largest absolute Gasteiger partial charge is 0.276 e. The number of nitrogens with zero attached hydrogens (tertiary/aromatic N) is 2. The molecule has 0 amide bonds. The smallest absolute Gasteiger partial charge is 0.0644 e. The van der Waals surface area contributed by atoms with Crippen LogP contribution in [0.5, 0.6) is 0 Å². The molecule has 3 N–H and O–H groups in total. The maximum Gasteiger partial charge on any atom is 0.0644 e. The van der Waals surface area contributed by atoms with Crippen molar-refractivity contribution in [3.8, 4) is 0 Å². The second kappa shape index (κ2) is 5.18. The van der Waals surface area contributed by atoms with Gasteiger partial charge in [0.25, 0.3) is 0 Å². The Hall–Kier alpha value is -0.880. The Morgan fingerprint density at radius 3 is 2.88 bits per heavy atom. The summed E-state index contributed by atoms with van der Waals surface area (Å²) in [5.74, 6) is 5.60. The second-order valence-corrected chi connectivity index (χ2v) is 5.29. The van der Waals surface area contributed by atoms with Gasteiger partial charge in [0.05, 0.1) is 16.8 Å². The highest BCUT2D eigenvalue weighted by molar-refractivity contribution is 7.10. The molecule has 0 aromatic carbocycles. The van der Waals surface area contributed by atoms with Gasteiger partial charge in [-0.25, -0.2) is 0 Å².